The van der Waals surface area contributed by atoms with Crippen LogP contribution in [-0.4, -0.2) is 32.7 Å². The molecule has 3 nitrogen and oxygen atoms in total. The van der Waals surface area contributed by atoms with E-state index in [0.29, 0.717) is 12.2 Å². The summed E-state index contributed by atoms with van der Waals surface area (Å²) in [5.74, 6) is 0.649. The van der Waals surface area contributed by atoms with Crippen LogP contribution >= 0.6 is 24.4 Å². The van der Waals surface area contributed by atoms with Gasteiger partial charge in [0.1, 0.15) is 0 Å². The third-order valence-corrected chi connectivity index (χ3v) is 2.37. The fraction of sp³-hybridized carbons (Fsp3) is 0.714. The van der Waals surface area contributed by atoms with E-state index in [4.69, 9.17) is 0 Å². The maximum atomic E-state index is 10.7. The Kier molecular flexibility index (Phi) is 8.19. The van der Waals surface area contributed by atoms with Crippen LogP contribution in [0.1, 0.15) is 12.8 Å². The Hall–Kier alpha value is -0.250. The lowest BCUT2D eigenvalue weighted by molar-refractivity contribution is 0.634. The van der Waals surface area contributed by atoms with Gasteiger partial charge in [-0.1, -0.05) is 0 Å². The molecule has 72 valence electrons. The summed E-state index contributed by atoms with van der Waals surface area (Å²) in [4.78, 5) is 7.56. The summed E-state index contributed by atoms with van der Waals surface area (Å²) in [6, 6.07) is 0. The summed E-state index contributed by atoms with van der Waals surface area (Å²) in [5.41, 5.74) is 0. The van der Waals surface area contributed by atoms with Crippen molar-refractivity contribution >= 4 is 45.6 Å². The first-order valence-electron chi connectivity index (χ1n) is 3.64. The van der Waals surface area contributed by atoms with Gasteiger partial charge in [-0.05, 0) is 37.3 Å². The zero-order chi connectivity index (χ0) is 10.1. The Labute approximate surface area is 90.8 Å². The smallest absolute Gasteiger partial charge is 0.160 e. The van der Waals surface area contributed by atoms with Crippen LogP contribution in [-0.2, 0) is 10.8 Å². The molecule has 6 heteroatoms. The topological polar surface area (TPSA) is 41.8 Å². The van der Waals surface area contributed by atoms with Crippen molar-refractivity contribution < 1.29 is 4.21 Å². The van der Waals surface area contributed by atoms with E-state index in [0.717, 1.165) is 6.42 Å². The maximum Gasteiger partial charge on any atom is 0.160 e. The van der Waals surface area contributed by atoms with Crippen LogP contribution in [0.4, 0.5) is 0 Å². The van der Waals surface area contributed by atoms with Crippen LogP contribution in [0.2, 0.25) is 0 Å². The molecule has 0 aliphatic heterocycles. The summed E-state index contributed by atoms with van der Waals surface area (Å²) < 4.78 is 10.7. The van der Waals surface area contributed by atoms with Crippen molar-refractivity contribution in [1.82, 2.24) is 0 Å². The Morgan fingerprint density at radius 2 is 1.92 bits per heavy atom. The van der Waals surface area contributed by atoms with E-state index < -0.39 is 10.8 Å². The first-order valence-corrected chi connectivity index (χ1v) is 6.19. The van der Waals surface area contributed by atoms with Gasteiger partial charge >= 0.3 is 0 Å². The molecule has 0 fully saturated rings. The van der Waals surface area contributed by atoms with Gasteiger partial charge in [0.05, 0.1) is 10.3 Å². The van der Waals surface area contributed by atoms with E-state index in [2.05, 4.69) is 44.7 Å². The molecule has 0 saturated carbocycles. The molecule has 0 spiro atoms. The van der Waals surface area contributed by atoms with Crippen molar-refractivity contribution in [1.29, 1.82) is 0 Å². The van der Waals surface area contributed by atoms with Crippen molar-refractivity contribution in [2.45, 2.75) is 19.0 Å². The molecule has 0 aromatic carbocycles. The van der Waals surface area contributed by atoms with Crippen LogP contribution in [0.5, 0.6) is 0 Å². The molecule has 0 N–H and O–H groups in total. The number of thiocarbonyl (C=S) groups is 2. The summed E-state index contributed by atoms with van der Waals surface area (Å²) in [6.07, 6.45) is 2.85. The molecule has 0 radical (unpaired) electrons. The van der Waals surface area contributed by atoms with E-state index in [1.165, 1.54) is 0 Å². The first kappa shape index (κ1) is 12.8. The van der Waals surface area contributed by atoms with Gasteiger partial charge in [0.25, 0.3) is 0 Å². The predicted octanol–water partition coefficient (Wildman–Crippen LogP) is 1.68. The zero-order valence-corrected chi connectivity index (χ0v) is 9.68. The average Bonchev–Trinajstić information content (AvgIpc) is 2.04. The lowest BCUT2D eigenvalue weighted by atomic mass is 10.3. The molecule has 0 saturated heterocycles. The number of isothiocyanates is 2. The Balaban J connectivity index is 3.89. The largest absolute Gasteiger partial charge is 0.260 e. The van der Waals surface area contributed by atoms with Crippen LogP contribution in [0.15, 0.2) is 9.98 Å². The zero-order valence-electron chi connectivity index (χ0n) is 7.23. The Bertz CT molecular complexity index is 249. The lowest BCUT2D eigenvalue weighted by Gasteiger charge is -2.01. The van der Waals surface area contributed by atoms with Gasteiger partial charge in [0.2, 0.25) is 0 Å². The molecule has 0 aliphatic carbocycles. The summed E-state index contributed by atoms with van der Waals surface area (Å²) in [6.45, 7) is 0. The Morgan fingerprint density at radius 3 is 2.31 bits per heavy atom. The van der Waals surface area contributed by atoms with Gasteiger partial charge in [-0.15, -0.1) is 0 Å². The Morgan fingerprint density at radius 1 is 1.38 bits per heavy atom. The van der Waals surface area contributed by atoms with Crippen molar-refractivity contribution in [3.63, 3.8) is 0 Å². The highest BCUT2D eigenvalue weighted by Gasteiger charge is 2.02. The molecule has 0 aromatic heterocycles. The van der Waals surface area contributed by atoms with Crippen molar-refractivity contribution in [2.24, 2.45) is 9.98 Å². The average molecular weight is 234 g/mol. The highest BCUT2D eigenvalue weighted by molar-refractivity contribution is 7.84. The molecule has 0 bridgehead atoms. The molecule has 0 amide bonds. The molecule has 0 aliphatic rings. The predicted molar refractivity (Wildman–Crippen MR) is 62.0 cm³/mol. The van der Waals surface area contributed by atoms with Gasteiger partial charge in [-0.2, -0.15) is 0 Å². The second-order valence-electron chi connectivity index (χ2n) is 2.34. The summed E-state index contributed by atoms with van der Waals surface area (Å²) in [5, 5.41) is 4.49. The normalized spacial score (nSPS) is 13.6. The fourth-order valence-corrected chi connectivity index (χ4v) is 1.57. The minimum absolute atomic E-state index is 0.293. The van der Waals surface area contributed by atoms with E-state index in [1.807, 2.05) is 0 Å². The number of hydrogen-bond acceptors (Lipinski definition) is 5. The van der Waals surface area contributed by atoms with Gasteiger partial charge in [-0.25, -0.2) is 9.98 Å². The second kappa shape index (κ2) is 8.35. The minimum atomic E-state index is -0.766. The van der Waals surface area contributed by atoms with Crippen LogP contribution in [0, 0.1) is 0 Å². The fourth-order valence-electron chi connectivity index (χ4n) is 0.749. The molecule has 0 heterocycles. The third-order valence-electron chi connectivity index (χ3n) is 1.30. The molecular formula is C7H10N2OS3. The van der Waals surface area contributed by atoms with E-state index in [-0.39, 0.29) is 6.17 Å². The lowest BCUT2D eigenvalue weighted by Crippen LogP contribution is -2.03. The van der Waals surface area contributed by atoms with Gasteiger partial charge in [-0.3, -0.25) is 4.21 Å². The van der Waals surface area contributed by atoms with Gasteiger partial charge < -0.3 is 0 Å². The molecular weight excluding hydrogens is 224 g/mol. The van der Waals surface area contributed by atoms with Gasteiger partial charge in [0, 0.05) is 22.8 Å². The van der Waals surface area contributed by atoms with Crippen LogP contribution in [0.25, 0.3) is 0 Å². The van der Waals surface area contributed by atoms with E-state index in [1.54, 1.807) is 6.26 Å². The van der Waals surface area contributed by atoms with Crippen LogP contribution < -0.4 is 0 Å². The molecule has 0 aromatic rings. The van der Waals surface area contributed by atoms with Gasteiger partial charge in [0.15, 0.2) is 6.17 Å². The van der Waals surface area contributed by atoms with Crippen LogP contribution in [0.3, 0.4) is 0 Å². The third kappa shape index (κ3) is 8.09. The number of hydrogen-bond donors (Lipinski definition) is 0. The highest BCUT2D eigenvalue weighted by Crippen LogP contribution is 2.03. The maximum absolute atomic E-state index is 10.7. The molecule has 1 atom stereocenters. The molecule has 0 rings (SSSR count). The summed E-state index contributed by atoms with van der Waals surface area (Å²) >= 11 is 8.89. The monoisotopic (exact) mass is 234 g/mol. The van der Waals surface area contributed by atoms with E-state index >= 15 is 0 Å². The molecule has 13 heavy (non-hydrogen) atoms. The first-order chi connectivity index (χ1) is 6.20. The molecule has 1 unspecified atom stereocenters. The number of nitrogens with zero attached hydrogens (tertiary/aromatic N) is 2. The quantitative estimate of drug-likeness (QED) is 0.518. The van der Waals surface area contributed by atoms with Crippen molar-refractivity contribution in [2.75, 3.05) is 12.0 Å². The number of rotatable bonds is 6. The van der Waals surface area contributed by atoms with Crippen molar-refractivity contribution in [3.8, 4) is 0 Å². The van der Waals surface area contributed by atoms with E-state index in [9.17, 15) is 4.21 Å². The minimum Gasteiger partial charge on any atom is -0.260 e. The number of aliphatic imine (C=N–C) groups is 2. The van der Waals surface area contributed by atoms with Crippen molar-refractivity contribution in [3.05, 3.63) is 0 Å². The highest BCUT2D eigenvalue weighted by atomic mass is 32.2. The SMILES string of the molecule is CS(=O)CCCC(N=C=S)N=C=S. The summed E-state index contributed by atoms with van der Waals surface area (Å²) in [7, 11) is -0.766. The second-order valence-corrected chi connectivity index (χ2v) is 4.26. The standard InChI is InChI=1S/C7H10N2OS3/c1-13(10)4-2-3-7(8-5-11)9-6-12/h7H,2-4H2,1H3.